The number of nitrogens with zero attached hydrogens (tertiary/aromatic N) is 2. The number of hydrogen-bond donors (Lipinski definition) is 2. The molecule has 0 aliphatic heterocycles. The van der Waals surface area contributed by atoms with Crippen molar-refractivity contribution in [3.05, 3.63) is 28.4 Å². The van der Waals surface area contributed by atoms with Gasteiger partial charge in [0.1, 0.15) is 5.60 Å². The Bertz CT molecular complexity index is 735. The molecule has 1 aromatic carbocycles. The molecule has 0 saturated carbocycles. The standard InChI is InChI=1S/C15H20N4O5/c1-15(2,3)24-14(20)16-5-4-6-23-13-8-11-10(9-17-18-11)7-12(13)19(21)22/h7-9H,4-6H2,1-3H3,(H,16,20)(H,17,18). The van der Waals surface area contributed by atoms with Gasteiger partial charge in [0.15, 0.2) is 5.75 Å². The largest absolute Gasteiger partial charge is 0.487 e. The molecule has 0 unspecified atom stereocenters. The van der Waals surface area contributed by atoms with Crippen molar-refractivity contribution in [3.8, 4) is 5.75 Å². The maximum absolute atomic E-state index is 11.5. The van der Waals surface area contributed by atoms with Gasteiger partial charge in [0.2, 0.25) is 0 Å². The highest BCUT2D eigenvalue weighted by atomic mass is 16.6. The zero-order valence-electron chi connectivity index (χ0n) is 13.8. The van der Waals surface area contributed by atoms with Crippen LogP contribution in [0.2, 0.25) is 0 Å². The molecule has 24 heavy (non-hydrogen) atoms. The Labute approximate surface area is 138 Å². The predicted octanol–water partition coefficient (Wildman–Crippen LogP) is 2.76. The van der Waals surface area contributed by atoms with Crippen molar-refractivity contribution in [1.82, 2.24) is 15.5 Å². The van der Waals surface area contributed by atoms with Crippen LogP contribution in [0.1, 0.15) is 27.2 Å². The van der Waals surface area contributed by atoms with Crippen LogP contribution in [0.15, 0.2) is 18.3 Å². The lowest BCUT2D eigenvalue weighted by Gasteiger charge is -2.19. The fraction of sp³-hybridized carbons (Fsp3) is 0.467. The molecule has 1 heterocycles. The van der Waals surface area contributed by atoms with Crippen LogP contribution in [0.25, 0.3) is 10.9 Å². The van der Waals surface area contributed by atoms with Crippen LogP contribution in [-0.2, 0) is 4.74 Å². The zero-order valence-corrected chi connectivity index (χ0v) is 13.8. The molecule has 1 aromatic heterocycles. The smallest absolute Gasteiger partial charge is 0.407 e. The summed E-state index contributed by atoms with van der Waals surface area (Å²) in [6.45, 7) is 5.90. The number of hydrogen-bond acceptors (Lipinski definition) is 6. The number of nitro groups is 1. The van der Waals surface area contributed by atoms with E-state index >= 15 is 0 Å². The summed E-state index contributed by atoms with van der Waals surface area (Å²) in [6, 6.07) is 2.95. The number of amides is 1. The Morgan fingerprint density at radius 3 is 2.83 bits per heavy atom. The van der Waals surface area contributed by atoms with Gasteiger partial charge in [-0.3, -0.25) is 15.2 Å². The first-order chi connectivity index (χ1) is 11.3. The second kappa shape index (κ2) is 7.16. The third kappa shape index (κ3) is 4.83. The van der Waals surface area contributed by atoms with Crippen molar-refractivity contribution in [1.29, 1.82) is 0 Å². The van der Waals surface area contributed by atoms with Gasteiger partial charge in [-0.2, -0.15) is 5.10 Å². The van der Waals surface area contributed by atoms with E-state index in [1.165, 1.54) is 12.3 Å². The molecule has 2 N–H and O–H groups in total. The van der Waals surface area contributed by atoms with Crippen molar-refractivity contribution >= 4 is 22.7 Å². The second-order valence-corrected chi connectivity index (χ2v) is 6.16. The van der Waals surface area contributed by atoms with Crippen LogP contribution in [0, 0.1) is 10.1 Å². The minimum atomic E-state index is -0.555. The average molecular weight is 336 g/mol. The number of fused-ring (bicyclic) bond motifs is 1. The van der Waals surface area contributed by atoms with Gasteiger partial charge in [0.25, 0.3) is 0 Å². The molecule has 1 amide bonds. The Morgan fingerprint density at radius 1 is 1.42 bits per heavy atom. The first-order valence-corrected chi connectivity index (χ1v) is 7.47. The third-order valence-corrected chi connectivity index (χ3v) is 2.96. The molecule has 0 fully saturated rings. The van der Waals surface area contributed by atoms with E-state index in [1.54, 1.807) is 26.8 Å². The van der Waals surface area contributed by atoms with Crippen molar-refractivity contribution in [2.45, 2.75) is 32.8 Å². The fourth-order valence-corrected chi connectivity index (χ4v) is 1.98. The molecule has 2 rings (SSSR count). The second-order valence-electron chi connectivity index (χ2n) is 6.16. The van der Waals surface area contributed by atoms with Gasteiger partial charge in [-0.25, -0.2) is 4.79 Å². The molecule has 9 nitrogen and oxygen atoms in total. The molecule has 0 spiro atoms. The van der Waals surface area contributed by atoms with Crippen molar-refractivity contribution in [2.24, 2.45) is 0 Å². The van der Waals surface area contributed by atoms with Crippen LogP contribution >= 0.6 is 0 Å². The van der Waals surface area contributed by atoms with E-state index in [1.807, 2.05) is 0 Å². The number of benzene rings is 1. The molecule has 0 atom stereocenters. The highest BCUT2D eigenvalue weighted by Crippen LogP contribution is 2.31. The van der Waals surface area contributed by atoms with Crippen LogP contribution in [0.5, 0.6) is 5.75 Å². The Kier molecular flexibility index (Phi) is 5.22. The van der Waals surface area contributed by atoms with Gasteiger partial charge in [-0.15, -0.1) is 0 Å². The van der Waals surface area contributed by atoms with Gasteiger partial charge < -0.3 is 14.8 Å². The SMILES string of the molecule is CC(C)(C)OC(=O)NCCCOc1cc2[nH]ncc2cc1[N+](=O)[O-]. The lowest BCUT2D eigenvalue weighted by Crippen LogP contribution is -2.33. The van der Waals surface area contributed by atoms with Crippen LogP contribution in [0.3, 0.4) is 0 Å². The van der Waals surface area contributed by atoms with Crippen molar-refractivity contribution in [3.63, 3.8) is 0 Å². The summed E-state index contributed by atoms with van der Waals surface area (Å²) in [5.41, 5.74) is -0.0211. The number of aromatic amines is 1. The lowest BCUT2D eigenvalue weighted by molar-refractivity contribution is -0.385. The van der Waals surface area contributed by atoms with Crippen molar-refractivity contribution in [2.75, 3.05) is 13.2 Å². The first kappa shape index (κ1) is 17.5. The van der Waals surface area contributed by atoms with E-state index < -0.39 is 16.6 Å². The van der Waals surface area contributed by atoms with E-state index in [2.05, 4.69) is 15.5 Å². The Morgan fingerprint density at radius 2 is 2.17 bits per heavy atom. The lowest BCUT2D eigenvalue weighted by atomic mass is 10.2. The molecule has 0 bridgehead atoms. The predicted molar refractivity (Wildman–Crippen MR) is 87.1 cm³/mol. The van der Waals surface area contributed by atoms with E-state index in [0.717, 1.165) is 0 Å². The topological polar surface area (TPSA) is 119 Å². The van der Waals surface area contributed by atoms with Crippen LogP contribution in [0.4, 0.5) is 10.5 Å². The Balaban J connectivity index is 1.86. The van der Waals surface area contributed by atoms with E-state index in [0.29, 0.717) is 23.9 Å². The number of H-pyrrole nitrogens is 1. The molecule has 2 aromatic rings. The number of ether oxygens (including phenoxy) is 2. The molecular weight excluding hydrogens is 316 g/mol. The number of carbonyl (C=O) groups is 1. The highest BCUT2D eigenvalue weighted by Gasteiger charge is 2.18. The van der Waals surface area contributed by atoms with Gasteiger partial charge in [-0.05, 0) is 27.2 Å². The maximum Gasteiger partial charge on any atom is 0.407 e. The summed E-state index contributed by atoms with van der Waals surface area (Å²) in [5.74, 6) is 0.161. The molecule has 9 heteroatoms. The molecule has 0 aliphatic rings. The summed E-state index contributed by atoms with van der Waals surface area (Å²) in [4.78, 5) is 22.1. The number of nitro benzene ring substituents is 1. The summed E-state index contributed by atoms with van der Waals surface area (Å²) in [7, 11) is 0. The molecule has 0 saturated heterocycles. The maximum atomic E-state index is 11.5. The minimum absolute atomic E-state index is 0.121. The minimum Gasteiger partial charge on any atom is -0.487 e. The number of rotatable bonds is 6. The number of carbonyl (C=O) groups excluding carboxylic acids is 1. The van der Waals surface area contributed by atoms with Gasteiger partial charge >= 0.3 is 11.8 Å². The van der Waals surface area contributed by atoms with Gasteiger partial charge in [0, 0.05) is 24.1 Å². The van der Waals surface area contributed by atoms with Crippen LogP contribution < -0.4 is 10.1 Å². The van der Waals surface area contributed by atoms with Gasteiger partial charge in [0.05, 0.1) is 23.2 Å². The van der Waals surface area contributed by atoms with E-state index in [9.17, 15) is 14.9 Å². The van der Waals surface area contributed by atoms with Gasteiger partial charge in [-0.1, -0.05) is 0 Å². The molecule has 130 valence electrons. The number of alkyl carbamates (subject to hydrolysis) is 1. The zero-order chi connectivity index (χ0) is 17.7. The monoisotopic (exact) mass is 336 g/mol. The molecular formula is C15H20N4O5. The average Bonchev–Trinajstić information content (AvgIpc) is 2.91. The summed E-state index contributed by atoms with van der Waals surface area (Å²) in [6.07, 6.45) is 1.49. The summed E-state index contributed by atoms with van der Waals surface area (Å²) < 4.78 is 10.6. The third-order valence-electron chi connectivity index (χ3n) is 2.96. The van der Waals surface area contributed by atoms with Crippen molar-refractivity contribution < 1.29 is 19.2 Å². The quantitative estimate of drug-likeness (QED) is 0.475. The normalized spacial score (nSPS) is 11.3. The highest BCUT2D eigenvalue weighted by molar-refractivity contribution is 5.83. The Hall–Kier alpha value is -2.84. The van der Waals surface area contributed by atoms with E-state index in [4.69, 9.17) is 9.47 Å². The first-order valence-electron chi connectivity index (χ1n) is 7.47. The summed E-state index contributed by atoms with van der Waals surface area (Å²) >= 11 is 0. The molecule has 0 radical (unpaired) electrons. The van der Waals surface area contributed by atoms with E-state index in [-0.39, 0.29) is 18.0 Å². The number of aromatic nitrogens is 2. The fourth-order valence-electron chi connectivity index (χ4n) is 1.98. The molecule has 0 aliphatic carbocycles. The number of nitrogens with one attached hydrogen (secondary N) is 2. The summed E-state index contributed by atoms with van der Waals surface area (Å²) in [5, 5.41) is 20.9. The van der Waals surface area contributed by atoms with Crippen LogP contribution in [-0.4, -0.2) is 40.0 Å².